The Balaban J connectivity index is 1.99. The van der Waals surface area contributed by atoms with E-state index in [2.05, 4.69) is 29.2 Å². The third-order valence-electron chi connectivity index (χ3n) is 4.43. The topological polar surface area (TPSA) is 18.5 Å². The van der Waals surface area contributed by atoms with Gasteiger partial charge in [0, 0.05) is 36.7 Å². The van der Waals surface area contributed by atoms with Crippen molar-refractivity contribution in [2.75, 3.05) is 40.8 Å². The maximum Gasteiger partial charge on any atom is 0.127 e. The number of likely N-dealkylation sites (N-methyl/N-ethyl adjacent to an activating group) is 3. The largest absolute Gasteiger partial charge is 0.317 e. The molecule has 2 rings (SSSR count). The van der Waals surface area contributed by atoms with Crippen LogP contribution in [0.4, 0.5) is 4.39 Å². The van der Waals surface area contributed by atoms with Crippen molar-refractivity contribution in [1.29, 1.82) is 0 Å². The molecule has 0 saturated carbocycles. The maximum atomic E-state index is 13.9. The SMILES string of the molecule is CNC(Cc1ccc(Cl)cc1F)CC1CN(C)CCN1C. The van der Waals surface area contributed by atoms with Crippen LogP contribution >= 0.6 is 11.6 Å². The summed E-state index contributed by atoms with van der Waals surface area (Å²) in [4.78, 5) is 4.77. The van der Waals surface area contributed by atoms with E-state index >= 15 is 0 Å². The van der Waals surface area contributed by atoms with Gasteiger partial charge in [-0.05, 0) is 51.7 Å². The molecule has 1 aliphatic rings. The molecule has 5 heteroatoms. The summed E-state index contributed by atoms with van der Waals surface area (Å²) in [6, 6.07) is 5.71. The molecule has 1 fully saturated rings. The van der Waals surface area contributed by atoms with Crippen molar-refractivity contribution in [2.24, 2.45) is 0 Å². The predicted octanol–water partition coefficient (Wildman–Crippen LogP) is 2.25. The van der Waals surface area contributed by atoms with E-state index in [0.29, 0.717) is 17.5 Å². The van der Waals surface area contributed by atoms with E-state index < -0.39 is 0 Å². The van der Waals surface area contributed by atoms with Crippen LogP contribution in [0.5, 0.6) is 0 Å². The van der Waals surface area contributed by atoms with Gasteiger partial charge in [0.05, 0.1) is 0 Å². The molecule has 118 valence electrons. The monoisotopic (exact) mass is 313 g/mol. The minimum Gasteiger partial charge on any atom is -0.317 e. The van der Waals surface area contributed by atoms with Gasteiger partial charge in [-0.25, -0.2) is 4.39 Å². The van der Waals surface area contributed by atoms with E-state index in [1.807, 2.05) is 7.05 Å². The lowest BCUT2D eigenvalue weighted by atomic mass is 9.97. The maximum absolute atomic E-state index is 13.9. The highest BCUT2D eigenvalue weighted by molar-refractivity contribution is 6.30. The van der Waals surface area contributed by atoms with Crippen molar-refractivity contribution in [3.05, 3.63) is 34.6 Å². The van der Waals surface area contributed by atoms with Crippen molar-refractivity contribution in [2.45, 2.75) is 24.9 Å². The second-order valence-electron chi connectivity index (χ2n) is 6.06. The Morgan fingerprint density at radius 2 is 2.14 bits per heavy atom. The third-order valence-corrected chi connectivity index (χ3v) is 4.66. The molecule has 3 nitrogen and oxygen atoms in total. The molecule has 1 aliphatic heterocycles. The highest BCUT2D eigenvalue weighted by atomic mass is 35.5. The first kappa shape index (κ1) is 16.7. The van der Waals surface area contributed by atoms with Crippen molar-refractivity contribution in [1.82, 2.24) is 15.1 Å². The van der Waals surface area contributed by atoms with Gasteiger partial charge in [0.2, 0.25) is 0 Å². The first-order valence-corrected chi connectivity index (χ1v) is 7.87. The molecular formula is C16H25ClFN3. The van der Waals surface area contributed by atoms with Gasteiger partial charge in [-0.2, -0.15) is 0 Å². The molecule has 0 amide bonds. The van der Waals surface area contributed by atoms with Gasteiger partial charge in [0.15, 0.2) is 0 Å². The first-order chi connectivity index (χ1) is 9.99. The number of halogens is 2. The van der Waals surface area contributed by atoms with E-state index in [1.165, 1.54) is 6.07 Å². The zero-order chi connectivity index (χ0) is 15.4. The van der Waals surface area contributed by atoms with Crippen LogP contribution in [0.25, 0.3) is 0 Å². The molecule has 2 unspecified atom stereocenters. The minimum absolute atomic E-state index is 0.211. The number of hydrogen-bond donors (Lipinski definition) is 1. The highest BCUT2D eigenvalue weighted by Gasteiger charge is 2.25. The summed E-state index contributed by atoms with van der Waals surface area (Å²) in [6.45, 7) is 3.27. The summed E-state index contributed by atoms with van der Waals surface area (Å²) in [5.41, 5.74) is 0.727. The molecule has 2 atom stereocenters. The van der Waals surface area contributed by atoms with Gasteiger partial charge >= 0.3 is 0 Å². The Hall–Kier alpha value is -0.680. The van der Waals surface area contributed by atoms with E-state index in [9.17, 15) is 4.39 Å². The molecule has 1 aromatic rings. The lowest BCUT2D eigenvalue weighted by molar-refractivity contribution is 0.101. The smallest absolute Gasteiger partial charge is 0.127 e. The predicted molar refractivity (Wildman–Crippen MR) is 86.5 cm³/mol. The molecule has 1 saturated heterocycles. The Kier molecular flexibility index (Phi) is 5.99. The van der Waals surface area contributed by atoms with Crippen LogP contribution in [-0.2, 0) is 6.42 Å². The fourth-order valence-corrected chi connectivity index (χ4v) is 3.10. The molecule has 21 heavy (non-hydrogen) atoms. The van der Waals surface area contributed by atoms with E-state index in [4.69, 9.17) is 11.6 Å². The molecule has 1 N–H and O–H groups in total. The van der Waals surface area contributed by atoms with Crippen molar-refractivity contribution >= 4 is 11.6 Å². The van der Waals surface area contributed by atoms with E-state index in [-0.39, 0.29) is 11.9 Å². The summed E-state index contributed by atoms with van der Waals surface area (Å²) in [6.07, 6.45) is 1.70. The Bertz CT molecular complexity index is 469. The van der Waals surface area contributed by atoms with Crippen molar-refractivity contribution in [3.63, 3.8) is 0 Å². The first-order valence-electron chi connectivity index (χ1n) is 7.49. The quantitative estimate of drug-likeness (QED) is 0.899. The van der Waals surface area contributed by atoms with Crippen LogP contribution < -0.4 is 5.32 Å². The van der Waals surface area contributed by atoms with Crippen LogP contribution in [0.15, 0.2) is 18.2 Å². The lowest BCUT2D eigenvalue weighted by Crippen LogP contribution is -2.52. The average molecular weight is 314 g/mol. The standard InChI is InChI=1S/C16H25ClFN3/c1-19-14(8-12-4-5-13(17)9-16(12)18)10-15-11-20(2)6-7-21(15)3/h4-5,9,14-15,19H,6-8,10-11H2,1-3H3. The van der Waals surface area contributed by atoms with Crippen LogP contribution in [0.1, 0.15) is 12.0 Å². The molecule has 0 bridgehead atoms. The summed E-state index contributed by atoms with van der Waals surface area (Å²) in [5, 5.41) is 3.78. The molecule has 0 aromatic heterocycles. The Morgan fingerprint density at radius 1 is 1.38 bits per heavy atom. The number of nitrogens with one attached hydrogen (secondary N) is 1. The van der Waals surface area contributed by atoms with Gasteiger partial charge in [-0.3, -0.25) is 0 Å². The van der Waals surface area contributed by atoms with Crippen LogP contribution in [0.2, 0.25) is 5.02 Å². The van der Waals surface area contributed by atoms with Gasteiger partial charge in [0.25, 0.3) is 0 Å². The molecule has 1 aromatic carbocycles. The molecular weight excluding hydrogens is 289 g/mol. The number of rotatable bonds is 5. The Labute approximate surface area is 132 Å². The van der Waals surface area contributed by atoms with Gasteiger partial charge in [0.1, 0.15) is 5.82 Å². The van der Waals surface area contributed by atoms with E-state index in [1.54, 1.807) is 12.1 Å². The Morgan fingerprint density at radius 3 is 2.81 bits per heavy atom. The summed E-state index contributed by atoms with van der Waals surface area (Å²) in [7, 11) is 6.28. The number of piperazine rings is 1. The summed E-state index contributed by atoms with van der Waals surface area (Å²) < 4.78 is 13.9. The highest BCUT2D eigenvalue weighted by Crippen LogP contribution is 2.19. The fourth-order valence-electron chi connectivity index (χ4n) is 2.94. The zero-order valence-corrected chi connectivity index (χ0v) is 13.8. The van der Waals surface area contributed by atoms with Crippen LogP contribution in [-0.4, -0.2) is 62.7 Å². The van der Waals surface area contributed by atoms with Crippen LogP contribution in [0.3, 0.4) is 0 Å². The average Bonchev–Trinajstić information content (AvgIpc) is 2.44. The minimum atomic E-state index is -0.211. The number of benzene rings is 1. The fraction of sp³-hybridized carbons (Fsp3) is 0.625. The zero-order valence-electron chi connectivity index (χ0n) is 13.1. The third kappa shape index (κ3) is 4.65. The second-order valence-corrected chi connectivity index (χ2v) is 6.49. The molecule has 0 spiro atoms. The van der Waals surface area contributed by atoms with Gasteiger partial charge < -0.3 is 15.1 Å². The summed E-state index contributed by atoms with van der Waals surface area (Å²) >= 11 is 5.81. The normalized spacial score (nSPS) is 22.4. The number of nitrogens with zero attached hydrogens (tertiary/aromatic N) is 2. The van der Waals surface area contributed by atoms with Gasteiger partial charge in [-0.15, -0.1) is 0 Å². The van der Waals surface area contributed by atoms with E-state index in [0.717, 1.165) is 31.6 Å². The lowest BCUT2D eigenvalue weighted by Gasteiger charge is -2.39. The van der Waals surface area contributed by atoms with Crippen molar-refractivity contribution < 1.29 is 4.39 Å². The molecule has 0 radical (unpaired) electrons. The molecule has 1 heterocycles. The van der Waals surface area contributed by atoms with Crippen LogP contribution in [0, 0.1) is 5.82 Å². The molecule has 0 aliphatic carbocycles. The van der Waals surface area contributed by atoms with Crippen molar-refractivity contribution in [3.8, 4) is 0 Å². The van der Waals surface area contributed by atoms with Gasteiger partial charge in [-0.1, -0.05) is 17.7 Å². The summed E-state index contributed by atoms with van der Waals surface area (Å²) in [5.74, 6) is -0.211. The second kappa shape index (κ2) is 7.54. The number of hydrogen-bond acceptors (Lipinski definition) is 3.